The van der Waals surface area contributed by atoms with Crippen molar-refractivity contribution in [3.63, 3.8) is 0 Å². The third-order valence-corrected chi connectivity index (χ3v) is 3.91. The summed E-state index contributed by atoms with van der Waals surface area (Å²) in [5.74, 6) is -3.51. The quantitative estimate of drug-likeness (QED) is 0.275. The third-order valence-electron chi connectivity index (χ3n) is 3.91. The second-order valence-corrected chi connectivity index (χ2v) is 9.80. The molecular formula is C22H48N6O6. The van der Waals surface area contributed by atoms with Gasteiger partial charge in [0.15, 0.2) is 0 Å². The molecule has 34 heavy (non-hydrogen) atoms. The zero-order valence-electron chi connectivity index (χ0n) is 23.3. The van der Waals surface area contributed by atoms with Crippen molar-refractivity contribution in [1.82, 2.24) is 20.7 Å². The molecule has 3 N–H and O–H groups in total. The molecule has 1 aliphatic heterocycles. The number of nitrogens with one attached hydrogen (secondary N) is 1. The van der Waals surface area contributed by atoms with Crippen molar-refractivity contribution in [2.75, 3.05) is 7.05 Å². The smallest absolute Gasteiger partial charge is 0.341 e. The highest BCUT2D eigenvalue weighted by molar-refractivity contribution is 5.78. The molecule has 0 aliphatic carbocycles. The van der Waals surface area contributed by atoms with E-state index in [1.165, 1.54) is 15.2 Å². The van der Waals surface area contributed by atoms with Gasteiger partial charge in [-0.3, -0.25) is 19.4 Å². The van der Waals surface area contributed by atoms with Crippen LogP contribution in [0.25, 0.3) is 0 Å². The number of nitrogens with two attached hydrogens (primary N) is 1. The second-order valence-electron chi connectivity index (χ2n) is 9.80. The van der Waals surface area contributed by atoms with Crippen LogP contribution >= 0.6 is 0 Å². The molecule has 1 rings (SSSR count). The van der Waals surface area contributed by atoms with Crippen LogP contribution < -0.4 is 11.2 Å². The zero-order valence-corrected chi connectivity index (χ0v) is 23.3. The summed E-state index contributed by atoms with van der Waals surface area (Å²) in [6.07, 6.45) is -1.67. The number of rotatable bonds is 14. The van der Waals surface area contributed by atoms with Crippen molar-refractivity contribution in [2.45, 2.75) is 132 Å². The normalized spacial score (nSPS) is 24.7. The predicted octanol–water partition coefficient (Wildman–Crippen LogP) is 2.87. The Bertz CT molecular complexity index is 647. The summed E-state index contributed by atoms with van der Waals surface area (Å²) in [7, 11) is 1.71. The highest BCUT2D eigenvalue weighted by Gasteiger charge is 2.66. The standard InChI is InChI=1S/C22H48N6O6/c1-14(2)29-21(25-31-16(5)6)24-20(23)27(33-18(9)10)22(30-15(3)4,26(13)32-17(7)8)28(21)34-19(11)12/h14-19,25H,1-13H3,(H2,23,24). The minimum Gasteiger partial charge on any atom is -0.368 e. The van der Waals surface area contributed by atoms with Gasteiger partial charge in [-0.15, -0.1) is 10.5 Å². The Morgan fingerprint density at radius 2 is 1.29 bits per heavy atom. The fourth-order valence-electron chi connectivity index (χ4n) is 3.17. The van der Waals surface area contributed by atoms with Gasteiger partial charge in [-0.05, 0) is 88.1 Å². The number of guanidine groups is 1. The largest absolute Gasteiger partial charge is 0.368 e. The molecular weight excluding hydrogens is 444 g/mol. The molecule has 1 aliphatic rings. The van der Waals surface area contributed by atoms with Crippen molar-refractivity contribution in [2.24, 2.45) is 10.7 Å². The van der Waals surface area contributed by atoms with Gasteiger partial charge in [-0.2, -0.15) is 10.1 Å². The van der Waals surface area contributed by atoms with Crippen LogP contribution in [0.3, 0.4) is 0 Å². The first-order valence-electron chi connectivity index (χ1n) is 12.1. The number of ether oxygens (including phenoxy) is 2. The first kappa shape index (κ1) is 30.9. The maximum Gasteiger partial charge on any atom is 0.341 e. The Balaban J connectivity index is 4.00. The van der Waals surface area contributed by atoms with Crippen molar-refractivity contribution >= 4 is 5.96 Å². The number of hydrogen-bond acceptors (Lipinski definition) is 12. The molecule has 2 unspecified atom stereocenters. The lowest BCUT2D eigenvalue weighted by Crippen LogP contribution is -2.83. The van der Waals surface area contributed by atoms with Crippen LogP contribution in [-0.4, -0.2) is 76.8 Å². The lowest BCUT2D eigenvalue weighted by Gasteiger charge is -2.58. The fraction of sp³-hybridized carbons (Fsp3) is 0.955. The van der Waals surface area contributed by atoms with Gasteiger partial charge in [0.25, 0.3) is 0 Å². The Morgan fingerprint density at radius 1 is 0.765 bits per heavy atom. The minimum absolute atomic E-state index is 0.0299. The molecule has 0 saturated carbocycles. The molecule has 0 bridgehead atoms. The average Bonchev–Trinajstić information content (AvgIpc) is 2.64. The van der Waals surface area contributed by atoms with Gasteiger partial charge >= 0.3 is 11.9 Å². The van der Waals surface area contributed by atoms with Crippen LogP contribution in [0.5, 0.6) is 0 Å². The van der Waals surface area contributed by atoms with E-state index < -0.39 is 11.9 Å². The number of aliphatic imine (C=N–C) groups is 1. The number of hydroxylamine groups is 7. The topological polar surface area (TPSA) is 116 Å². The molecule has 1 heterocycles. The Hall–Kier alpha value is -1.09. The van der Waals surface area contributed by atoms with E-state index >= 15 is 0 Å². The van der Waals surface area contributed by atoms with E-state index in [0.717, 1.165) is 0 Å². The Kier molecular flexibility index (Phi) is 11.6. The van der Waals surface area contributed by atoms with Gasteiger partial charge in [0.2, 0.25) is 5.96 Å². The molecule has 12 heteroatoms. The molecule has 0 amide bonds. The van der Waals surface area contributed by atoms with Crippen molar-refractivity contribution in [3.8, 4) is 0 Å². The van der Waals surface area contributed by atoms with Crippen molar-refractivity contribution < 1.29 is 28.8 Å². The average molecular weight is 493 g/mol. The van der Waals surface area contributed by atoms with E-state index in [9.17, 15) is 0 Å². The lowest BCUT2D eigenvalue weighted by molar-refractivity contribution is -0.561. The van der Waals surface area contributed by atoms with E-state index in [0.29, 0.717) is 0 Å². The summed E-state index contributed by atoms with van der Waals surface area (Å²) in [6.45, 7) is 22.6. The third kappa shape index (κ3) is 7.70. The maximum absolute atomic E-state index is 6.55. The monoisotopic (exact) mass is 492 g/mol. The Morgan fingerprint density at radius 3 is 1.71 bits per heavy atom. The minimum atomic E-state index is -1.76. The van der Waals surface area contributed by atoms with Gasteiger partial charge in [-0.25, -0.2) is 0 Å². The fourth-order valence-corrected chi connectivity index (χ4v) is 3.17. The molecule has 0 fully saturated rings. The van der Waals surface area contributed by atoms with Crippen LogP contribution in [-0.2, 0) is 28.8 Å². The summed E-state index contributed by atoms with van der Waals surface area (Å²) in [5.41, 5.74) is 9.46. The van der Waals surface area contributed by atoms with Gasteiger partial charge < -0.3 is 15.2 Å². The van der Waals surface area contributed by atoms with Crippen LogP contribution in [0.1, 0.15) is 83.1 Å². The number of nitrogens with zero attached hydrogens (tertiary/aromatic N) is 4. The van der Waals surface area contributed by atoms with Crippen molar-refractivity contribution in [1.29, 1.82) is 0 Å². The highest BCUT2D eigenvalue weighted by atomic mass is 16.9. The van der Waals surface area contributed by atoms with Crippen LogP contribution in [0.4, 0.5) is 0 Å². The first-order valence-corrected chi connectivity index (χ1v) is 12.1. The van der Waals surface area contributed by atoms with Gasteiger partial charge in [0.05, 0.1) is 36.6 Å². The molecule has 202 valence electrons. The van der Waals surface area contributed by atoms with E-state index in [1.807, 2.05) is 83.1 Å². The second kappa shape index (κ2) is 12.7. The van der Waals surface area contributed by atoms with E-state index in [2.05, 4.69) is 10.5 Å². The molecule has 0 aromatic carbocycles. The van der Waals surface area contributed by atoms with E-state index in [4.69, 9.17) is 34.6 Å². The predicted molar refractivity (Wildman–Crippen MR) is 129 cm³/mol. The molecule has 12 nitrogen and oxygen atoms in total. The molecule has 0 aromatic rings. The molecule has 0 spiro atoms. The SMILES string of the molecule is CC(C)ONC1(OC(C)C)N=C(N)N(OC(C)C)C(OC(C)C)(N(C)OC(C)C)N1OC(C)C. The molecule has 0 radical (unpaired) electrons. The molecule has 0 saturated heterocycles. The Labute approximate surface area is 205 Å². The summed E-state index contributed by atoms with van der Waals surface area (Å²) in [4.78, 5) is 29.0. The molecule has 0 aromatic heterocycles. The summed E-state index contributed by atoms with van der Waals surface area (Å²) in [6, 6.07) is 0. The first-order chi connectivity index (χ1) is 15.6. The van der Waals surface area contributed by atoms with E-state index in [1.54, 1.807) is 7.05 Å². The number of hydrogen-bond donors (Lipinski definition) is 2. The van der Waals surface area contributed by atoms with Crippen LogP contribution in [0, 0.1) is 0 Å². The van der Waals surface area contributed by atoms with Crippen molar-refractivity contribution in [3.05, 3.63) is 0 Å². The summed E-state index contributed by atoms with van der Waals surface area (Å²) in [5, 5.41) is 4.22. The van der Waals surface area contributed by atoms with E-state index in [-0.39, 0.29) is 42.6 Å². The molecule has 2 atom stereocenters. The van der Waals surface area contributed by atoms with Crippen LogP contribution in [0.15, 0.2) is 4.99 Å². The van der Waals surface area contributed by atoms with Gasteiger partial charge in [0.1, 0.15) is 0 Å². The lowest BCUT2D eigenvalue weighted by atomic mass is 10.4. The zero-order chi connectivity index (χ0) is 26.4. The highest BCUT2D eigenvalue weighted by Crippen LogP contribution is 2.40. The summed E-state index contributed by atoms with van der Waals surface area (Å²) >= 11 is 0. The summed E-state index contributed by atoms with van der Waals surface area (Å²) < 4.78 is 12.9. The van der Waals surface area contributed by atoms with Crippen LogP contribution in [0.2, 0.25) is 0 Å². The van der Waals surface area contributed by atoms with Gasteiger partial charge in [-0.1, -0.05) is 0 Å². The van der Waals surface area contributed by atoms with Gasteiger partial charge in [0, 0.05) is 7.05 Å². The maximum atomic E-state index is 6.55.